The summed E-state index contributed by atoms with van der Waals surface area (Å²) in [7, 11) is -4.06. The Kier molecular flexibility index (Phi) is 3.61. The maximum absolute atomic E-state index is 10.7. The molecule has 0 aromatic heterocycles. The van der Waals surface area contributed by atoms with E-state index in [1.165, 1.54) is 6.07 Å². The minimum absolute atomic E-state index is 0. The standard InChI is InChI=1S/C7H9O3P.H2O/c1-6-4-2-3-5-7(6)11(8,9)10;/h2-5H,1H3,(H2,8,9,10);1H2. The van der Waals surface area contributed by atoms with Gasteiger partial charge in [0, 0.05) is 0 Å². The second kappa shape index (κ2) is 3.83. The van der Waals surface area contributed by atoms with E-state index in [2.05, 4.69) is 0 Å². The molecular formula is C7H11O4P. The number of aryl methyl sites for hydroxylation is 1. The lowest BCUT2D eigenvalue weighted by molar-refractivity contribution is 0.387. The Morgan fingerprint density at radius 1 is 1.25 bits per heavy atom. The molecule has 0 aliphatic heterocycles. The van der Waals surface area contributed by atoms with E-state index in [9.17, 15) is 4.57 Å². The van der Waals surface area contributed by atoms with Crippen LogP contribution in [0, 0.1) is 6.92 Å². The van der Waals surface area contributed by atoms with Crippen LogP contribution < -0.4 is 5.30 Å². The molecule has 1 aromatic carbocycles. The molecule has 0 unspecified atom stereocenters. The first-order chi connectivity index (χ1) is 5.02. The molecule has 0 fully saturated rings. The summed E-state index contributed by atoms with van der Waals surface area (Å²) in [5.74, 6) is 0. The molecule has 0 heterocycles. The van der Waals surface area contributed by atoms with Crippen LogP contribution in [0.1, 0.15) is 5.56 Å². The third kappa shape index (κ3) is 2.43. The van der Waals surface area contributed by atoms with E-state index in [0.717, 1.165) is 0 Å². The Morgan fingerprint density at radius 2 is 1.75 bits per heavy atom. The van der Waals surface area contributed by atoms with E-state index < -0.39 is 7.60 Å². The van der Waals surface area contributed by atoms with Crippen molar-refractivity contribution in [1.29, 1.82) is 0 Å². The van der Waals surface area contributed by atoms with Crippen LogP contribution in [-0.4, -0.2) is 15.3 Å². The van der Waals surface area contributed by atoms with Gasteiger partial charge in [0.2, 0.25) is 0 Å². The van der Waals surface area contributed by atoms with Crippen molar-refractivity contribution < 1.29 is 19.8 Å². The van der Waals surface area contributed by atoms with Crippen LogP contribution in [-0.2, 0) is 4.57 Å². The summed E-state index contributed by atoms with van der Waals surface area (Å²) in [5, 5.41) is 0.111. The lowest BCUT2D eigenvalue weighted by Crippen LogP contribution is -2.06. The molecule has 4 nitrogen and oxygen atoms in total. The van der Waals surface area contributed by atoms with Gasteiger partial charge in [0.25, 0.3) is 0 Å². The molecule has 0 aliphatic carbocycles. The lowest BCUT2D eigenvalue weighted by Gasteiger charge is -2.05. The molecule has 0 amide bonds. The van der Waals surface area contributed by atoms with Crippen molar-refractivity contribution in [3.05, 3.63) is 29.8 Å². The molecule has 1 aromatic rings. The zero-order chi connectivity index (χ0) is 8.48. The maximum atomic E-state index is 10.7. The molecule has 0 saturated carbocycles. The highest BCUT2D eigenvalue weighted by Gasteiger charge is 2.18. The number of benzene rings is 1. The maximum Gasteiger partial charge on any atom is 0.356 e. The van der Waals surface area contributed by atoms with Crippen molar-refractivity contribution in [2.75, 3.05) is 0 Å². The van der Waals surface area contributed by atoms with Gasteiger partial charge < -0.3 is 15.3 Å². The molecular weight excluding hydrogens is 179 g/mol. The monoisotopic (exact) mass is 190 g/mol. The van der Waals surface area contributed by atoms with Gasteiger partial charge >= 0.3 is 7.60 Å². The quantitative estimate of drug-likeness (QED) is 0.609. The van der Waals surface area contributed by atoms with E-state index in [0.29, 0.717) is 5.56 Å². The lowest BCUT2D eigenvalue weighted by atomic mass is 10.2. The molecule has 0 aliphatic rings. The van der Waals surface area contributed by atoms with Gasteiger partial charge in [0.05, 0.1) is 5.30 Å². The molecule has 4 N–H and O–H groups in total. The Labute approximate surface area is 70.3 Å². The first-order valence-electron chi connectivity index (χ1n) is 3.13. The number of hydrogen-bond acceptors (Lipinski definition) is 1. The fourth-order valence-electron chi connectivity index (χ4n) is 0.890. The Balaban J connectivity index is 0.00000121. The molecule has 0 spiro atoms. The van der Waals surface area contributed by atoms with Crippen LogP contribution in [0.3, 0.4) is 0 Å². The van der Waals surface area contributed by atoms with Crippen LogP contribution in [0.4, 0.5) is 0 Å². The predicted molar refractivity (Wildman–Crippen MR) is 46.5 cm³/mol. The first kappa shape index (κ1) is 11.3. The summed E-state index contributed by atoms with van der Waals surface area (Å²) >= 11 is 0. The molecule has 0 saturated heterocycles. The van der Waals surface area contributed by atoms with E-state index in [4.69, 9.17) is 9.79 Å². The number of rotatable bonds is 1. The smallest absolute Gasteiger partial charge is 0.356 e. The largest absolute Gasteiger partial charge is 0.412 e. The zero-order valence-electron chi connectivity index (χ0n) is 6.56. The van der Waals surface area contributed by atoms with Crippen molar-refractivity contribution in [3.8, 4) is 0 Å². The van der Waals surface area contributed by atoms with Crippen molar-refractivity contribution >= 4 is 12.9 Å². The summed E-state index contributed by atoms with van der Waals surface area (Å²) in [5.41, 5.74) is 0.626. The summed E-state index contributed by atoms with van der Waals surface area (Å²) in [6.45, 7) is 1.68. The second-order valence-corrected chi connectivity index (χ2v) is 3.90. The van der Waals surface area contributed by atoms with Crippen molar-refractivity contribution in [2.24, 2.45) is 0 Å². The highest BCUT2D eigenvalue weighted by molar-refractivity contribution is 7.60. The van der Waals surface area contributed by atoms with Crippen LogP contribution in [0.15, 0.2) is 24.3 Å². The molecule has 0 bridgehead atoms. The fourth-order valence-corrected chi connectivity index (χ4v) is 1.70. The minimum Gasteiger partial charge on any atom is -0.412 e. The van der Waals surface area contributed by atoms with E-state index in [1.807, 2.05) is 0 Å². The fraction of sp³-hybridized carbons (Fsp3) is 0.143. The first-order valence-corrected chi connectivity index (χ1v) is 4.75. The summed E-state index contributed by atoms with van der Waals surface area (Å²) < 4.78 is 10.7. The van der Waals surface area contributed by atoms with Gasteiger partial charge in [-0.1, -0.05) is 18.2 Å². The average molecular weight is 190 g/mol. The van der Waals surface area contributed by atoms with E-state index >= 15 is 0 Å². The van der Waals surface area contributed by atoms with Gasteiger partial charge in [-0.3, -0.25) is 4.57 Å². The Bertz CT molecular complexity index is 304. The average Bonchev–Trinajstić information content (AvgIpc) is 1.86. The highest BCUT2D eigenvalue weighted by atomic mass is 31.2. The predicted octanol–water partition coefficient (Wildman–Crippen LogP) is -0.0267. The Hall–Kier alpha value is -0.670. The van der Waals surface area contributed by atoms with Gasteiger partial charge in [-0.2, -0.15) is 0 Å². The van der Waals surface area contributed by atoms with Crippen molar-refractivity contribution in [2.45, 2.75) is 6.92 Å². The summed E-state index contributed by atoms with van der Waals surface area (Å²) in [4.78, 5) is 17.6. The third-order valence-corrected chi connectivity index (χ3v) is 2.56. The summed E-state index contributed by atoms with van der Waals surface area (Å²) in [6.07, 6.45) is 0. The van der Waals surface area contributed by atoms with Crippen molar-refractivity contribution in [3.63, 3.8) is 0 Å². The van der Waals surface area contributed by atoms with Gasteiger partial charge in [0.15, 0.2) is 0 Å². The highest BCUT2D eigenvalue weighted by Crippen LogP contribution is 2.33. The van der Waals surface area contributed by atoms with Gasteiger partial charge in [0.1, 0.15) is 0 Å². The Morgan fingerprint density at radius 3 is 2.08 bits per heavy atom. The van der Waals surface area contributed by atoms with Crippen molar-refractivity contribution in [1.82, 2.24) is 0 Å². The van der Waals surface area contributed by atoms with Gasteiger partial charge in [-0.25, -0.2) is 0 Å². The van der Waals surface area contributed by atoms with E-state index in [1.54, 1.807) is 25.1 Å². The van der Waals surface area contributed by atoms with Crippen LogP contribution >= 0.6 is 7.60 Å². The molecule has 1 rings (SSSR count). The molecule has 12 heavy (non-hydrogen) atoms. The molecule has 0 atom stereocenters. The topological polar surface area (TPSA) is 89.0 Å². The SMILES string of the molecule is Cc1ccccc1P(=O)(O)O.O. The summed E-state index contributed by atoms with van der Waals surface area (Å²) in [6, 6.07) is 6.47. The van der Waals surface area contributed by atoms with Gasteiger partial charge in [-0.05, 0) is 18.6 Å². The molecule has 5 heteroatoms. The normalized spacial score (nSPS) is 10.6. The third-order valence-electron chi connectivity index (χ3n) is 1.43. The van der Waals surface area contributed by atoms with Gasteiger partial charge in [-0.15, -0.1) is 0 Å². The molecule has 68 valence electrons. The van der Waals surface area contributed by atoms with E-state index in [-0.39, 0.29) is 10.8 Å². The second-order valence-electron chi connectivity index (χ2n) is 2.33. The van der Waals surface area contributed by atoms with Crippen LogP contribution in [0.5, 0.6) is 0 Å². The minimum atomic E-state index is -4.06. The van der Waals surface area contributed by atoms with Crippen LogP contribution in [0.25, 0.3) is 0 Å². The molecule has 0 radical (unpaired) electrons. The zero-order valence-corrected chi connectivity index (χ0v) is 7.45. The number of hydrogen-bond donors (Lipinski definition) is 2. The van der Waals surface area contributed by atoms with Crippen LogP contribution in [0.2, 0.25) is 0 Å².